The number of carbonyl (C=O) groups excluding carboxylic acids is 1. The molecule has 1 aliphatic rings. The number of amides is 1. The minimum atomic E-state index is -0.451. The number of hydrogen-bond donors (Lipinski definition) is 3. The molecule has 0 aliphatic heterocycles. The summed E-state index contributed by atoms with van der Waals surface area (Å²) in [6.07, 6.45) is 2.81. The predicted octanol–water partition coefficient (Wildman–Crippen LogP) is 1.03. The molecule has 146 valence electrons. The van der Waals surface area contributed by atoms with E-state index < -0.39 is 5.41 Å². The molecule has 10 heteroatoms. The van der Waals surface area contributed by atoms with Crippen LogP contribution in [0.2, 0.25) is 0 Å². The Morgan fingerprint density at radius 3 is 2.64 bits per heavy atom. The molecule has 2 aromatic heterocycles. The van der Waals surface area contributed by atoms with Crippen molar-refractivity contribution in [3.05, 3.63) is 47.2 Å². The molecule has 1 saturated carbocycles. The fourth-order valence-corrected chi connectivity index (χ4v) is 4.05. The van der Waals surface area contributed by atoms with Gasteiger partial charge in [0, 0.05) is 11.0 Å². The zero-order valence-corrected chi connectivity index (χ0v) is 15.8. The Bertz CT molecular complexity index is 945. The Morgan fingerprint density at radius 2 is 1.93 bits per heavy atom. The van der Waals surface area contributed by atoms with Crippen molar-refractivity contribution in [2.45, 2.75) is 25.4 Å². The van der Waals surface area contributed by atoms with Crippen LogP contribution in [0.4, 0.5) is 0 Å². The number of aliphatic hydroxyl groups is 2. The fraction of sp³-hybridized carbons (Fsp3) is 0.389. The predicted molar refractivity (Wildman–Crippen MR) is 101 cm³/mol. The van der Waals surface area contributed by atoms with Crippen LogP contribution in [-0.4, -0.2) is 54.5 Å². The van der Waals surface area contributed by atoms with Gasteiger partial charge in [-0.05, 0) is 12.8 Å². The van der Waals surface area contributed by atoms with Crippen molar-refractivity contribution in [1.82, 2.24) is 30.5 Å². The van der Waals surface area contributed by atoms with Crippen molar-refractivity contribution in [3.63, 3.8) is 0 Å². The summed E-state index contributed by atoms with van der Waals surface area (Å²) in [5.41, 5.74) is 0.758. The number of nitrogens with zero attached hydrogens (tertiary/aromatic N) is 5. The van der Waals surface area contributed by atoms with Crippen molar-refractivity contribution in [2.75, 3.05) is 13.2 Å². The van der Waals surface area contributed by atoms with Gasteiger partial charge in [-0.3, -0.25) is 4.79 Å². The van der Waals surface area contributed by atoms with Gasteiger partial charge in [0.2, 0.25) is 0 Å². The van der Waals surface area contributed by atoms with Crippen molar-refractivity contribution in [1.29, 1.82) is 0 Å². The number of hydrogen-bond acceptors (Lipinski definition) is 8. The van der Waals surface area contributed by atoms with E-state index in [9.17, 15) is 15.0 Å². The smallest absolute Gasteiger partial charge is 0.273 e. The second-order valence-corrected chi connectivity index (χ2v) is 8.07. The highest BCUT2D eigenvalue weighted by Crippen LogP contribution is 2.47. The first-order chi connectivity index (χ1) is 13.6. The molecule has 28 heavy (non-hydrogen) atoms. The third-order valence-electron chi connectivity index (χ3n) is 5.01. The maximum atomic E-state index is 12.3. The van der Waals surface area contributed by atoms with Crippen LogP contribution in [0.3, 0.4) is 0 Å². The molecule has 3 aromatic rings. The highest BCUT2D eigenvalue weighted by molar-refractivity contribution is 7.14. The van der Waals surface area contributed by atoms with Crippen LogP contribution < -0.4 is 5.32 Å². The van der Waals surface area contributed by atoms with Crippen molar-refractivity contribution in [2.24, 2.45) is 5.41 Å². The molecule has 0 bridgehead atoms. The van der Waals surface area contributed by atoms with Crippen molar-refractivity contribution in [3.8, 4) is 10.6 Å². The van der Waals surface area contributed by atoms with Crippen LogP contribution in [0.25, 0.3) is 10.6 Å². The Kier molecular flexibility index (Phi) is 5.16. The lowest BCUT2D eigenvalue weighted by Crippen LogP contribution is -2.44. The van der Waals surface area contributed by atoms with E-state index in [0.29, 0.717) is 17.8 Å². The molecule has 9 nitrogen and oxygen atoms in total. The van der Waals surface area contributed by atoms with E-state index in [1.807, 2.05) is 30.3 Å². The van der Waals surface area contributed by atoms with E-state index in [0.717, 1.165) is 10.6 Å². The van der Waals surface area contributed by atoms with Crippen molar-refractivity contribution < 1.29 is 15.0 Å². The van der Waals surface area contributed by atoms with Crippen LogP contribution >= 0.6 is 11.3 Å². The molecule has 0 saturated heterocycles. The summed E-state index contributed by atoms with van der Waals surface area (Å²) < 4.78 is 1.62. The summed E-state index contributed by atoms with van der Waals surface area (Å²) in [7, 11) is 0. The average Bonchev–Trinajstić information content (AvgIpc) is 3.37. The lowest BCUT2D eigenvalue weighted by Gasteiger charge is -2.44. The SMILES string of the molecule is O=C(NCc1nnc(-c2ccccc2)s1)c1cn(C2CC(CO)(CO)C2)nn1. The number of carbonyl (C=O) groups is 1. The van der Waals surface area contributed by atoms with E-state index in [2.05, 4.69) is 25.8 Å². The Labute approximate surface area is 165 Å². The average molecular weight is 400 g/mol. The third-order valence-corrected chi connectivity index (χ3v) is 5.99. The zero-order valence-electron chi connectivity index (χ0n) is 15.0. The maximum Gasteiger partial charge on any atom is 0.273 e. The monoisotopic (exact) mass is 400 g/mol. The van der Waals surface area contributed by atoms with Gasteiger partial charge in [0.1, 0.15) is 10.0 Å². The fourth-order valence-electron chi connectivity index (χ4n) is 3.26. The zero-order chi connectivity index (χ0) is 19.6. The van der Waals surface area contributed by atoms with Gasteiger partial charge in [0.15, 0.2) is 5.69 Å². The topological polar surface area (TPSA) is 126 Å². The minimum Gasteiger partial charge on any atom is -0.396 e. The summed E-state index contributed by atoms with van der Waals surface area (Å²) in [4.78, 5) is 12.3. The molecule has 0 atom stereocenters. The lowest BCUT2D eigenvalue weighted by molar-refractivity contribution is -0.0467. The van der Waals surface area contributed by atoms with E-state index in [-0.39, 0.29) is 37.4 Å². The summed E-state index contributed by atoms with van der Waals surface area (Å²) in [5, 5.41) is 39.2. The third kappa shape index (κ3) is 3.66. The first-order valence-electron chi connectivity index (χ1n) is 8.92. The highest BCUT2D eigenvalue weighted by Gasteiger charge is 2.45. The second-order valence-electron chi connectivity index (χ2n) is 7.01. The molecule has 1 fully saturated rings. The standard InChI is InChI=1S/C18H20N6O3S/c25-10-18(11-26)6-13(7-18)24-9-14(20-23-24)16(27)19-8-15-21-22-17(28-15)12-4-2-1-3-5-12/h1-5,9,13,25-26H,6-8,10-11H2,(H,19,27). The largest absolute Gasteiger partial charge is 0.396 e. The molecule has 1 amide bonds. The van der Waals surface area contributed by atoms with Gasteiger partial charge >= 0.3 is 0 Å². The van der Waals surface area contributed by atoms with Gasteiger partial charge < -0.3 is 15.5 Å². The molecule has 1 aromatic carbocycles. The molecule has 0 radical (unpaired) electrons. The van der Waals surface area contributed by atoms with E-state index in [4.69, 9.17) is 0 Å². The van der Waals surface area contributed by atoms with Crippen LogP contribution in [-0.2, 0) is 6.54 Å². The second kappa shape index (κ2) is 7.74. The van der Waals surface area contributed by atoms with Crippen LogP contribution in [0.5, 0.6) is 0 Å². The Morgan fingerprint density at radius 1 is 1.18 bits per heavy atom. The van der Waals surface area contributed by atoms with Gasteiger partial charge in [-0.25, -0.2) is 4.68 Å². The number of nitrogens with one attached hydrogen (secondary N) is 1. The normalized spacial score (nSPS) is 15.9. The van der Waals surface area contributed by atoms with Gasteiger partial charge in [0.05, 0.1) is 32.0 Å². The molecule has 2 heterocycles. The first kappa shape index (κ1) is 18.7. The molecule has 0 spiro atoms. The van der Waals surface area contributed by atoms with E-state index in [1.54, 1.807) is 10.9 Å². The van der Waals surface area contributed by atoms with E-state index in [1.165, 1.54) is 11.3 Å². The van der Waals surface area contributed by atoms with Crippen LogP contribution in [0.1, 0.15) is 34.4 Å². The number of benzene rings is 1. The number of aromatic nitrogens is 5. The van der Waals surface area contributed by atoms with Crippen molar-refractivity contribution >= 4 is 17.2 Å². The van der Waals surface area contributed by atoms with Crippen LogP contribution in [0.15, 0.2) is 36.5 Å². The summed E-state index contributed by atoms with van der Waals surface area (Å²) >= 11 is 1.43. The Balaban J connectivity index is 1.33. The Hall–Kier alpha value is -2.69. The lowest BCUT2D eigenvalue weighted by atomic mass is 9.66. The highest BCUT2D eigenvalue weighted by atomic mass is 32.1. The van der Waals surface area contributed by atoms with Crippen LogP contribution in [0, 0.1) is 5.41 Å². The van der Waals surface area contributed by atoms with Gasteiger partial charge in [-0.15, -0.1) is 15.3 Å². The van der Waals surface area contributed by atoms with Gasteiger partial charge in [-0.1, -0.05) is 46.9 Å². The van der Waals surface area contributed by atoms with Gasteiger partial charge in [-0.2, -0.15) is 0 Å². The molecular weight excluding hydrogens is 380 g/mol. The molecule has 3 N–H and O–H groups in total. The first-order valence-corrected chi connectivity index (χ1v) is 9.74. The maximum absolute atomic E-state index is 12.3. The number of aliphatic hydroxyl groups excluding tert-OH is 2. The summed E-state index contributed by atoms with van der Waals surface area (Å²) in [5.74, 6) is -0.336. The summed E-state index contributed by atoms with van der Waals surface area (Å²) in [6.45, 7) is 0.140. The van der Waals surface area contributed by atoms with Gasteiger partial charge in [0.25, 0.3) is 5.91 Å². The van der Waals surface area contributed by atoms with E-state index >= 15 is 0 Å². The molecule has 4 rings (SSSR count). The summed E-state index contributed by atoms with van der Waals surface area (Å²) in [6, 6.07) is 9.78. The molecule has 0 unspecified atom stereocenters. The molecule has 1 aliphatic carbocycles. The minimum absolute atomic E-state index is 0.0324. The number of rotatable bonds is 7. The quantitative estimate of drug-likeness (QED) is 0.541. The molecular formula is C18H20N6O3S.